The van der Waals surface area contributed by atoms with Gasteiger partial charge in [-0.15, -0.1) is 0 Å². The maximum Gasteiger partial charge on any atom is 0.337 e. The van der Waals surface area contributed by atoms with Gasteiger partial charge in [-0.05, 0) is 47.6 Å². The van der Waals surface area contributed by atoms with Gasteiger partial charge in [-0.1, -0.05) is 24.3 Å². The molecule has 0 aliphatic carbocycles. The van der Waals surface area contributed by atoms with E-state index >= 15 is 0 Å². The van der Waals surface area contributed by atoms with Crippen LogP contribution in [-0.2, 0) is 11.3 Å². The van der Waals surface area contributed by atoms with Crippen LogP contribution in [-0.4, -0.2) is 31.5 Å². The van der Waals surface area contributed by atoms with E-state index in [2.05, 4.69) is 20.6 Å². The number of carbonyl (C=O) groups excluding carboxylic acids is 1. The molecule has 2 rings (SSSR count). The third-order valence-corrected chi connectivity index (χ3v) is 3.56. The molecule has 0 spiro atoms. The summed E-state index contributed by atoms with van der Waals surface area (Å²) in [4.78, 5) is 11.4. The van der Waals surface area contributed by atoms with Crippen LogP contribution < -0.4 is 15.5 Å². The molecule has 0 saturated heterocycles. The number of rotatable bonds is 6. The Hall–Kier alpha value is -2.93. The molecule has 0 fully saturated rings. The number of nitrogens with zero attached hydrogens (tertiary/aromatic N) is 1. The molecule has 25 heavy (non-hydrogen) atoms. The van der Waals surface area contributed by atoms with Gasteiger partial charge in [0.05, 0.1) is 26.0 Å². The molecule has 6 nitrogen and oxygen atoms in total. The van der Waals surface area contributed by atoms with Crippen LogP contribution in [0.25, 0.3) is 0 Å². The van der Waals surface area contributed by atoms with Gasteiger partial charge in [0.1, 0.15) is 5.75 Å². The van der Waals surface area contributed by atoms with Gasteiger partial charge in [-0.25, -0.2) is 4.79 Å². The van der Waals surface area contributed by atoms with E-state index in [1.807, 2.05) is 24.3 Å². The summed E-state index contributed by atoms with van der Waals surface area (Å²) in [6.45, 7) is 0.583. The van der Waals surface area contributed by atoms with Crippen LogP contribution in [0.3, 0.4) is 0 Å². The Morgan fingerprint density at radius 3 is 2.40 bits per heavy atom. The van der Waals surface area contributed by atoms with Crippen LogP contribution in [0, 0.1) is 0 Å². The standard InChI is InChI=1S/C18H19N3O3S/c1-23-16-9-5-13(6-10-16)11-19-18(25)21-20-12-14-3-7-15(8-4-14)17(22)24-2/h3-10,12H,11H2,1-2H3,(H2,19,21,25)/b20-12-. The minimum absolute atomic E-state index is 0.370. The van der Waals surface area contributed by atoms with E-state index in [4.69, 9.17) is 17.0 Å². The largest absolute Gasteiger partial charge is 0.497 e. The summed E-state index contributed by atoms with van der Waals surface area (Å²) in [5.74, 6) is 0.442. The first-order valence-electron chi connectivity index (χ1n) is 7.50. The quantitative estimate of drug-likeness (QED) is 0.358. The van der Waals surface area contributed by atoms with Crippen molar-refractivity contribution in [3.63, 3.8) is 0 Å². The number of esters is 1. The van der Waals surface area contributed by atoms with E-state index in [0.29, 0.717) is 17.2 Å². The number of hydrogen-bond acceptors (Lipinski definition) is 5. The van der Waals surface area contributed by atoms with Gasteiger partial charge >= 0.3 is 5.97 Å². The molecule has 0 aromatic heterocycles. The molecule has 0 atom stereocenters. The lowest BCUT2D eigenvalue weighted by molar-refractivity contribution is 0.0600. The lowest BCUT2D eigenvalue weighted by Gasteiger charge is -2.07. The third kappa shape index (κ3) is 5.89. The van der Waals surface area contributed by atoms with E-state index in [1.54, 1.807) is 37.6 Å². The van der Waals surface area contributed by atoms with Crippen molar-refractivity contribution in [2.75, 3.05) is 14.2 Å². The van der Waals surface area contributed by atoms with Crippen molar-refractivity contribution in [2.45, 2.75) is 6.54 Å². The van der Waals surface area contributed by atoms with Crippen molar-refractivity contribution in [3.8, 4) is 5.75 Å². The second kappa shape index (κ2) is 9.39. The number of hydrazone groups is 1. The van der Waals surface area contributed by atoms with Crippen molar-refractivity contribution in [1.82, 2.24) is 10.7 Å². The van der Waals surface area contributed by atoms with Gasteiger partial charge in [-0.2, -0.15) is 5.10 Å². The van der Waals surface area contributed by atoms with Crippen molar-refractivity contribution in [3.05, 3.63) is 65.2 Å². The van der Waals surface area contributed by atoms with Gasteiger partial charge in [0.15, 0.2) is 5.11 Å². The zero-order chi connectivity index (χ0) is 18.1. The summed E-state index contributed by atoms with van der Waals surface area (Å²) in [6.07, 6.45) is 1.61. The first kappa shape index (κ1) is 18.4. The maximum atomic E-state index is 11.4. The average Bonchev–Trinajstić information content (AvgIpc) is 2.66. The zero-order valence-corrected chi connectivity index (χ0v) is 14.8. The van der Waals surface area contributed by atoms with E-state index in [9.17, 15) is 4.79 Å². The molecule has 7 heteroatoms. The van der Waals surface area contributed by atoms with Gasteiger partial charge in [-0.3, -0.25) is 5.43 Å². The van der Waals surface area contributed by atoms with Crippen LogP contribution in [0.15, 0.2) is 53.6 Å². The molecule has 0 heterocycles. The molecule has 0 radical (unpaired) electrons. The molecule has 0 aliphatic rings. The monoisotopic (exact) mass is 357 g/mol. The first-order valence-corrected chi connectivity index (χ1v) is 7.91. The zero-order valence-electron chi connectivity index (χ0n) is 14.0. The molecular weight excluding hydrogens is 338 g/mol. The van der Waals surface area contributed by atoms with Gasteiger partial charge < -0.3 is 14.8 Å². The number of ether oxygens (including phenoxy) is 2. The van der Waals surface area contributed by atoms with E-state index in [0.717, 1.165) is 16.9 Å². The highest BCUT2D eigenvalue weighted by Gasteiger charge is 2.03. The topological polar surface area (TPSA) is 72.0 Å². The Balaban J connectivity index is 1.78. The van der Waals surface area contributed by atoms with Crippen molar-refractivity contribution >= 4 is 29.5 Å². The van der Waals surface area contributed by atoms with Crippen molar-refractivity contribution in [1.29, 1.82) is 0 Å². The third-order valence-electron chi connectivity index (χ3n) is 3.32. The fourth-order valence-corrected chi connectivity index (χ4v) is 2.08. The second-order valence-corrected chi connectivity index (χ2v) is 5.42. The summed E-state index contributed by atoms with van der Waals surface area (Å²) >= 11 is 5.17. The predicted molar refractivity (Wildman–Crippen MR) is 101 cm³/mol. The highest BCUT2D eigenvalue weighted by atomic mass is 32.1. The van der Waals surface area contributed by atoms with Crippen LogP contribution >= 0.6 is 12.2 Å². The van der Waals surface area contributed by atoms with Crippen LogP contribution in [0.1, 0.15) is 21.5 Å². The summed E-state index contributed by atoms with van der Waals surface area (Å²) in [5, 5.41) is 7.53. The fraction of sp³-hybridized carbons (Fsp3) is 0.167. The molecule has 2 aromatic rings. The van der Waals surface area contributed by atoms with Crippen LogP contribution in [0.2, 0.25) is 0 Å². The second-order valence-electron chi connectivity index (χ2n) is 5.01. The minimum atomic E-state index is -0.370. The molecule has 2 N–H and O–H groups in total. The van der Waals surface area contributed by atoms with Crippen molar-refractivity contribution < 1.29 is 14.3 Å². The van der Waals surface area contributed by atoms with Gasteiger partial charge in [0.2, 0.25) is 0 Å². The molecule has 130 valence electrons. The van der Waals surface area contributed by atoms with Crippen LogP contribution in [0.5, 0.6) is 5.75 Å². The minimum Gasteiger partial charge on any atom is -0.497 e. The molecule has 0 saturated carbocycles. The molecule has 0 bridgehead atoms. The average molecular weight is 357 g/mol. The summed E-state index contributed by atoms with van der Waals surface area (Å²) in [7, 11) is 2.98. The maximum absolute atomic E-state index is 11.4. The Bertz CT molecular complexity index is 743. The number of benzene rings is 2. The number of thiocarbonyl (C=S) groups is 1. The SMILES string of the molecule is COC(=O)c1ccc(/C=N\NC(=S)NCc2ccc(OC)cc2)cc1. The molecule has 2 aromatic carbocycles. The lowest BCUT2D eigenvalue weighted by atomic mass is 10.1. The first-order chi connectivity index (χ1) is 12.1. The fourth-order valence-electron chi connectivity index (χ4n) is 1.95. The Labute approximate surface area is 151 Å². The molecule has 0 amide bonds. The van der Waals surface area contributed by atoms with Gasteiger partial charge in [0.25, 0.3) is 0 Å². The smallest absolute Gasteiger partial charge is 0.337 e. The summed E-state index contributed by atoms with van der Waals surface area (Å²) in [5.41, 5.74) is 5.14. The molecule has 0 aliphatic heterocycles. The van der Waals surface area contributed by atoms with Crippen LogP contribution in [0.4, 0.5) is 0 Å². The Morgan fingerprint density at radius 1 is 1.12 bits per heavy atom. The summed E-state index contributed by atoms with van der Waals surface area (Å²) in [6, 6.07) is 14.6. The highest BCUT2D eigenvalue weighted by Crippen LogP contribution is 2.10. The number of nitrogens with one attached hydrogen (secondary N) is 2. The molecular formula is C18H19N3O3S. The highest BCUT2D eigenvalue weighted by molar-refractivity contribution is 7.80. The number of hydrogen-bond donors (Lipinski definition) is 2. The van der Waals surface area contributed by atoms with Crippen molar-refractivity contribution in [2.24, 2.45) is 5.10 Å². The number of carbonyl (C=O) groups is 1. The normalized spacial score (nSPS) is 10.3. The van der Waals surface area contributed by atoms with E-state index in [-0.39, 0.29) is 5.97 Å². The molecule has 0 unspecified atom stereocenters. The number of methoxy groups -OCH3 is 2. The summed E-state index contributed by atoms with van der Waals surface area (Å²) < 4.78 is 9.76. The lowest BCUT2D eigenvalue weighted by Crippen LogP contribution is -2.31. The predicted octanol–water partition coefficient (Wildman–Crippen LogP) is 2.48. The Kier molecular flexibility index (Phi) is 6.91. The van der Waals surface area contributed by atoms with E-state index < -0.39 is 0 Å². The Morgan fingerprint density at radius 2 is 1.80 bits per heavy atom. The van der Waals surface area contributed by atoms with E-state index in [1.165, 1.54) is 7.11 Å². The van der Waals surface area contributed by atoms with Gasteiger partial charge in [0, 0.05) is 6.54 Å².